The van der Waals surface area contributed by atoms with Crippen LogP contribution < -0.4 is 5.32 Å². The minimum Gasteiger partial charge on any atom is -0.479 e. The van der Waals surface area contributed by atoms with Crippen LogP contribution in [-0.4, -0.2) is 54.1 Å². The zero-order valence-corrected chi connectivity index (χ0v) is 7.95. The number of halogens is 3. The van der Waals surface area contributed by atoms with E-state index in [0.29, 0.717) is 0 Å². The number of alkyl halides is 3. The predicted molar refractivity (Wildman–Crippen MR) is 43.5 cm³/mol. The molecule has 0 spiro atoms. The summed E-state index contributed by atoms with van der Waals surface area (Å²) < 4.78 is 38.6. The fourth-order valence-corrected chi connectivity index (χ4v) is 0.608. The molecule has 0 unspecified atom stereocenters. The second kappa shape index (κ2) is 6.28. The molecule has 0 saturated heterocycles. The molecule has 0 aliphatic heterocycles. The Hall–Kier alpha value is -1.35. The largest absolute Gasteiger partial charge is 0.479 e. The maximum absolute atomic E-state index is 11.6. The quantitative estimate of drug-likeness (QED) is 0.565. The fourth-order valence-electron chi connectivity index (χ4n) is 0.608. The van der Waals surface area contributed by atoms with Crippen LogP contribution in [0.4, 0.5) is 13.2 Å². The number of ether oxygens (including phenoxy) is 1. The van der Waals surface area contributed by atoms with E-state index >= 15 is 0 Å². The molecule has 0 bridgehead atoms. The van der Waals surface area contributed by atoms with Crippen molar-refractivity contribution in [1.82, 2.24) is 5.32 Å². The van der Waals surface area contributed by atoms with Crippen molar-refractivity contribution in [2.75, 3.05) is 19.8 Å². The molecule has 1 amide bonds. The van der Waals surface area contributed by atoms with Gasteiger partial charge in [-0.25, -0.2) is 4.79 Å². The SMILES string of the molecule is O=C(COCC(F)(F)F)NC[C@H](O)C(=O)O. The average Bonchev–Trinajstić information content (AvgIpc) is 2.11. The Bertz CT molecular complexity index is 255. The van der Waals surface area contributed by atoms with E-state index in [1.54, 1.807) is 0 Å². The zero-order valence-electron chi connectivity index (χ0n) is 7.95. The Balaban J connectivity index is 3.64. The molecule has 94 valence electrons. The van der Waals surface area contributed by atoms with E-state index in [9.17, 15) is 22.8 Å². The van der Waals surface area contributed by atoms with Gasteiger partial charge in [-0.05, 0) is 0 Å². The number of aliphatic carboxylic acids is 1. The summed E-state index contributed by atoms with van der Waals surface area (Å²) in [5, 5.41) is 18.8. The normalized spacial score (nSPS) is 13.2. The second-order valence-corrected chi connectivity index (χ2v) is 2.77. The number of hydrogen-bond donors (Lipinski definition) is 3. The lowest BCUT2D eigenvalue weighted by molar-refractivity contribution is -0.175. The summed E-state index contributed by atoms with van der Waals surface area (Å²) in [6, 6.07) is 0. The smallest absolute Gasteiger partial charge is 0.411 e. The van der Waals surface area contributed by atoms with Gasteiger partial charge in [-0.1, -0.05) is 0 Å². The highest BCUT2D eigenvalue weighted by molar-refractivity contribution is 5.78. The first kappa shape index (κ1) is 14.6. The molecule has 0 saturated carbocycles. The lowest BCUT2D eigenvalue weighted by atomic mass is 10.3. The first-order valence-corrected chi connectivity index (χ1v) is 4.04. The number of carbonyl (C=O) groups excluding carboxylic acids is 1. The Labute approximate surface area is 88.0 Å². The van der Waals surface area contributed by atoms with Crippen molar-refractivity contribution in [3.8, 4) is 0 Å². The summed E-state index contributed by atoms with van der Waals surface area (Å²) in [6.07, 6.45) is -6.33. The Kier molecular flexibility index (Phi) is 5.75. The molecule has 0 heterocycles. The average molecular weight is 245 g/mol. The van der Waals surface area contributed by atoms with E-state index < -0.39 is 43.9 Å². The van der Waals surface area contributed by atoms with Crippen LogP contribution in [-0.2, 0) is 14.3 Å². The molecule has 1 atom stereocenters. The highest BCUT2D eigenvalue weighted by Gasteiger charge is 2.27. The van der Waals surface area contributed by atoms with Gasteiger partial charge in [-0.3, -0.25) is 4.79 Å². The maximum Gasteiger partial charge on any atom is 0.411 e. The molecule has 6 nitrogen and oxygen atoms in total. The lowest BCUT2D eigenvalue weighted by Gasteiger charge is -2.09. The van der Waals surface area contributed by atoms with E-state index in [1.165, 1.54) is 0 Å². The van der Waals surface area contributed by atoms with Crippen LogP contribution in [0.5, 0.6) is 0 Å². The van der Waals surface area contributed by atoms with Gasteiger partial charge < -0.3 is 20.3 Å². The van der Waals surface area contributed by atoms with Crippen molar-refractivity contribution in [2.24, 2.45) is 0 Å². The molecule has 3 N–H and O–H groups in total. The van der Waals surface area contributed by atoms with E-state index in [4.69, 9.17) is 10.2 Å². The van der Waals surface area contributed by atoms with Gasteiger partial charge in [-0.2, -0.15) is 13.2 Å². The van der Waals surface area contributed by atoms with Crippen LogP contribution in [0.2, 0.25) is 0 Å². The van der Waals surface area contributed by atoms with Crippen molar-refractivity contribution in [3.05, 3.63) is 0 Å². The van der Waals surface area contributed by atoms with Gasteiger partial charge in [0.15, 0.2) is 6.10 Å². The number of hydrogen-bond acceptors (Lipinski definition) is 4. The number of carbonyl (C=O) groups is 2. The summed E-state index contributed by atoms with van der Waals surface area (Å²) in [4.78, 5) is 20.8. The molecule has 9 heteroatoms. The van der Waals surface area contributed by atoms with Crippen LogP contribution >= 0.6 is 0 Å². The first-order valence-electron chi connectivity index (χ1n) is 4.04. The summed E-state index contributed by atoms with van der Waals surface area (Å²) in [5.41, 5.74) is 0. The summed E-state index contributed by atoms with van der Waals surface area (Å²) in [5.74, 6) is -2.49. The first-order chi connectivity index (χ1) is 7.22. The zero-order chi connectivity index (χ0) is 12.8. The van der Waals surface area contributed by atoms with Crippen molar-refractivity contribution >= 4 is 11.9 Å². The fraction of sp³-hybridized carbons (Fsp3) is 0.714. The number of amides is 1. The van der Waals surface area contributed by atoms with E-state index in [-0.39, 0.29) is 0 Å². The molecule has 0 radical (unpaired) electrons. The van der Waals surface area contributed by atoms with Crippen molar-refractivity contribution in [1.29, 1.82) is 0 Å². The van der Waals surface area contributed by atoms with Gasteiger partial charge in [0.05, 0.1) is 6.54 Å². The third-order valence-electron chi connectivity index (χ3n) is 1.28. The van der Waals surface area contributed by atoms with Crippen LogP contribution in [0.25, 0.3) is 0 Å². The maximum atomic E-state index is 11.6. The molecule has 0 aliphatic carbocycles. The van der Waals surface area contributed by atoms with E-state index in [2.05, 4.69) is 4.74 Å². The van der Waals surface area contributed by atoms with Crippen LogP contribution in [0.3, 0.4) is 0 Å². The molecular formula is C7H10F3NO5. The van der Waals surface area contributed by atoms with Gasteiger partial charge in [0.2, 0.25) is 5.91 Å². The summed E-state index contributed by atoms with van der Waals surface area (Å²) >= 11 is 0. The monoisotopic (exact) mass is 245 g/mol. The van der Waals surface area contributed by atoms with E-state index in [0.717, 1.165) is 0 Å². The van der Waals surface area contributed by atoms with Crippen molar-refractivity contribution < 1.29 is 37.7 Å². The lowest BCUT2D eigenvalue weighted by Crippen LogP contribution is -2.38. The highest BCUT2D eigenvalue weighted by Crippen LogP contribution is 2.13. The molecule has 0 rings (SSSR count). The summed E-state index contributed by atoms with van der Waals surface area (Å²) in [6.45, 7) is -3.02. The van der Waals surface area contributed by atoms with Gasteiger partial charge in [0.1, 0.15) is 13.2 Å². The minimum atomic E-state index is -4.53. The molecular weight excluding hydrogens is 235 g/mol. The Morgan fingerprint density at radius 1 is 1.38 bits per heavy atom. The Morgan fingerprint density at radius 2 is 1.94 bits per heavy atom. The third kappa shape index (κ3) is 8.00. The van der Waals surface area contributed by atoms with E-state index in [1.807, 2.05) is 5.32 Å². The topological polar surface area (TPSA) is 95.9 Å². The van der Waals surface area contributed by atoms with Crippen LogP contribution in [0.15, 0.2) is 0 Å². The second-order valence-electron chi connectivity index (χ2n) is 2.77. The molecule has 16 heavy (non-hydrogen) atoms. The summed E-state index contributed by atoms with van der Waals surface area (Å²) in [7, 11) is 0. The number of rotatable bonds is 6. The molecule has 0 aliphatic rings. The number of aliphatic hydroxyl groups is 1. The number of carboxylic acid groups (broad SMARTS) is 1. The van der Waals surface area contributed by atoms with Gasteiger partial charge in [0, 0.05) is 0 Å². The standard InChI is InChI=1S/C7H10F3NO5/c8-7(9,10)3-16-2-5(13)11-1-4(12)6(14)15/h4,12H,1-3H2,(H,11,13)(H,14,15)/t4-/m0/s1. The third-order valence-corrected chi connectivity index (χ3v) is 1.28. The van der Waals surface area contributed by atoms with Gasteiger partial charge >= 0.3 is 12.1 Å². The molecule has 0 aromatic carbocycles. The van der Waals surface area contributed by atoms with Gasteiger partial charge in [0.25, 0.3) is 0 Å². The Morgan fingerprint density at radius 3 is 2.38 bits per heavy atom. The van der Waals surface area contributed by atoms with Crippen molar-refractivity contribution in [3.63, 3.8) is 0 Å². The molecule has 0 aromatic rings. The minimum absolute atomic E-state index is 0.594. The molecule has 0 fully saturated rings. The van der Waals surface area contributed by atoms with Gasteiger partial charge in [-0.15, -0.1) is 0 Å². The predicted octanol–water partition coefficient (Wildman–Crippen LogP) is -0.873. The van der Waals surface area contributed by atoms with Crippen LogP contribution in [0, 0.1) is 0 Å². The number of aliphatic hydroxyl groups excluding tert-OH is 1. The van der Waals surface area contributed by atoms with Crippen molar-refractivity contribution in [2.45, 2.75) is 12.3 Å². The number of nitrogens with one attached hydrogen (secondary N) is 1. The number of carboxylic acids is 1. The molecule has 0 aromatic heterocycles. The highest BCUT2D eigenvalue weighted by atomic mass is 19.4. The van der Waals surface area contributed by atoms with Crippen LogP contribution in [0.1, 0.15) is 0 Å².